The van der Waals surface area contributed by atoms with Gasteiger partial charge in [0.25, 0.3) is 0 Å². The highest BCUT2D eigenvalue weighted by atomic mass is 35.5. The smallest absolute Gasteiger partial charge is 0.302 e. The molecule has 0 aromatic rings. The molecule has 2 nitrogen and oxygen atoms in total. The molecular weight excluding hydrogens is 348 g/mol. The Hall–Kier alpha value is -0.723. The quantitative estimate of drug-likeness (QED) is 0.150. The van der Waals surface area contributed by atoms with Gasteiger partial charge in [-0.05, 0) is 37.4 Å². The first-order valence-electron chi connectivity index (χ1n) is 10.00. The van der Waals surface area contributed by atoms with Crippen LogP contribution in [-0.4, -0.2) is 20.7 Å². The molecule has 0 atom stereocenters. The van der Waals surface area contributed by atoms with Gasteiger partial charge in [-0.15, -0.1) is 5.54 Å². The lowest BCUT2D eigenvalue weighted by atomic mass is 10.1. The van der Waals surface area contributed by atoms with E-state index in [1.54, 1.807) is 0 Å². The molecule has 0 amide bonds. The molecule has 0 aliphatic carbocycles. The van der Waals surface area contributed by atoms with E-state index in [0.29, 0.717) is 6.61 Å². The predicted molar refractivity (Wildman–Crippen MR) is 112 cm³/mol. The summed E-state index contributed by atoms with van der Waals surface area (Å²) in [6, 6.07) is 3.71. The first-order valence-corrected chi connectivity index (χ1v) is 13.0. The summed E-state index contributed by atoms with van der Waals surface area (Å²) < 4.78 is 4.92. The lowest BCUT2D eigenvalue weighted by Gasteiger charge is -2.19. The molecule has 0 saturated heterocycles. The van der Waals surface area contributed by atoms with E-state index >= 15 is 0 Å². The van der Waals surface area contributed by atoms with Crippen LogP contribution in [0.2, 0.25) is 18.1 Å². The Morgan fingerprint density at radius 1 is 0.960 bits per heavy atom. The van der Waals surface area contributed by atoms with Crippen LogP contribution in [0.25, 0.3) is 0 Å². The van der Waals surface area contributed by atoms with Gasteiger partial charge in [-0.2, -0.15) is 0 Å². The first-order chi connectivity index (χ1) is 12.0. The number of esters is 1. The third kappa shape index (κ3) is 13.2. The van der Waals surface area contributed by atoms with E-state index in [9.17, 15) is 4.79 Å². The van der Waals surface area contributed by atoms with Crippen LogP contribution in [0.3, 0.4) is 0 Å². The Morgan fingerprint density at radius 2 is 1.48 bits per heavy atom. The van der Waals surface area contributed by atoms with E-state index in [1.807, 2.05) is 6.08 Å². The summed E-state index contributed by atoms with van der Waals surface area (Å²) in [5.74, 6) is 3.07. The SMILES string of the molecule is CC[Si](C#C/C=C(\Cl)CCCCCCCCCOC(C)=O)(CC)CC. The Kier molecular flexibility index (Phi) is 15.1. The summed E-state index contributed by atoms with van der Waals surface area (Å²) >= 11 is 6.29. The molecule has 0 rings (SSSR count). The fourth-order valence-corrected chi connectivity index (χ4v) is 5.45. The van der Waals surface area contributed by atoms with E-state index in [1.165, 1.54) is 50.7 Å². The van der Waals surface area contributed by atoms with Crippen molar-refractivity contribution < 1.29 is 9.53 Å². The van der Waals surface area contributed by atoms with Gasteiger partial charge in [0.05, 0.1) is 6.61 Å². The zero-order valence-corrected chi connectivity index (χ0v) is 18.5. The molecule has 0 aliphatic rings. The summed E-state index contributed by atoms with van der Waals surface area (Å²) in [6.07, 6.45) is 11.1. The molecule has 0 aromatic heterocycles. The van der Waals surface area contributed by atoms with E-state index in [-0.39, 0.29) is 5.97 Å². The van der Waals surface area contributed by atoms with Crippen molar-refractivity contribution in [2.45, 2.75) is 97.2 Å². The van der Waals surface area contributed by atoms with Gasteiger partial charge in [-0.25, -0.2) is 0 Å². The molecule has 0 N–H and O–H groups in total. The van der Waals surface area contributed by atoms with Crippen LogP contribution >= 0.6 is 11.6 Å². The highest BCUT2D eigenvalue weighted by molar-refractivity contribution is 6.87. The third-order valence-electron chi connectivity index (χ3n) is 4.96. The topological polar surface area (TPSA) is 26.3 Å². The number of hydrogen-bond donors (Lipinski definition) is 0. The summed E-state index contributed by atoms with van der Waals surface area (Å²) in [5.41, 5.74) is 3.55. The monoisotopic (exact) mass is 384 g/mol. The van der Waals surface area contributed by atoms with Crippen LogP contribution in [0.15, 0.2) is 11.1 Å². The second-order valence-electron chi connectivity index (χ2n) is 6.77. The highest BCUT2D eigenvalue weighted by Gasteiger charge is 2.23. The van der Waals surface area contributed by atoms with Crippen LogP contribution in [0.5, 0.6) is 0 Å². The fourth-order valence-electron chi connectivity index (χ4n) is 2.85. The second kappa shape index (κ2) is 15.5. The standard InChI is InChI=1S/C21H37ClO2Si/c1-5-25(6-2,7-3)19-15-17-21(22)16-13-11-9-8-10-12-14-18-24-20(4)23/h17H,5-14,16,18H2,1-4H3/b21-17-. The Morgan fingerprint density at radius 3 is 2.00 bits per heavy atom. The van der Waals surface area contributed by atoms with Crippen molar-refractivity contribution in [3.63, 3.8) is 0 Å². The van der Waals surface area contributed by atoms with Gasteiger partial charge >= 0.3 is 5.97 Å². The molecule has 0 radical (unpaired) electrons. The van der Waals surface area contributed by atoms with Crippen molar-refractivity contribution in [1.82, 2.24) is 0 Å². The third-order valence-corrected chi connectivity index (χ3v) is 10.00. The minimum Gasteiger partial charge on any atom is -0.466 e. The first kappa shape index (κ1) is 24.3. The zero-order valence-electron chi connectivity index (χ0n) is 16.8. The summed E-state index contributed by atoms with van der Waals surface area (Å²) in [6.45, 7) is 8.84. The van der Waals surface area contributed by atoms with Gasteiger partial charge in [0.2, 0.25) is 0 Å². The largest absolute Gasteiger partial charge is 0.466 e. The number of ether oxygens (including phenoxy) is 1. The van der Waals surface area contributed by atoms with Crippen molar-refractivity contribution >= 4 is 25.6 Å². The average Bonchev–Trinajstić information content (AvgIpc) is 2.60. The molecule has 0 spiro atoms. The maximum Gasteiger partial charge on any atom is 0.302 e. The zero-order chi connectivity index (χ0) is 19.0. The van der Waals surface area contributed by atoms with Crippen LogP contribution in [0, 0.1) is 11.5 Å². The van der Waals surface area contributed by atoms with E-state index < -0.39 is 8.07 Å². The van der Waals surface area contributed by atoms with Crippen LogP contribution in [0.1, 0.15) is 79.1 Å². The minimum absolute atomic E-state index is 0.179. The number of hydrogen-bond acceptors (Lipinski definition) is 2. The molecule has 0 heterocycles. The van der Waals surface area contributed by atoms with Crippen LogP contribution < -0.4 is 0 Å². The van der Waals surface area contributed by atoms with Crippen molar-refractivity contribution in [2.24, 2.45) is 0 Å². The average molecular weight is 385 g/mol. The molecule has 144 valence electrons. The highest BCUT2D eigenvalue weighted by Crippen LogP contribution is 2.19. The summed E-state index contributed by atoms with van der Waals surface area (Å²) in [5, 5.41) is 0.903. The van der Waals surface area contributed by atoms with Gasteiger partial charge in [-0.3, -0.25) is 4.79 Å². The summed E-state index contributed by atoms with van der Waals surface area (Å²) in [7, 11) is -1.35. The maximum atomic E-state index is 10.6. The molecule has 4 heteroatoms. The van der Waals surface area contributed by atoms with Gasteiger partial charge in [0, 0.05) is 18.0 Å². The van der Waals surface area contributed by atoms with Crippen molar-refractivity contribution in [2.75, 3.05) is 6.61 Å². The van der Waals surface area contributed by atoms with E-state index in [0.717, 1.165) is 30.7 Å². The van der Waals surface area contributed by atoms with Gasteiger partial charge in [-0.1, -0.05) is 70.4 Å². The molecule has 0 aromatic carbocycles. The lowest BCUT2D eigenvalue weighted by molar-refractivity contribution is -0.141. The number of carbonyl (C=O) groups excluding carboxylic acids is 1. The Balaban J connectivity index is 3.77. The normalized spacial score (nSPS) is 11.8. The van der Waals surface area contributed by atoms with Gasteiger partial charge in [0.1, 0.15) is 8.07 Å². The molecule has 0 fully saturated rings. The number of rotatable bonds is 13. The van der Waals surface area contributed by atoms with Gasteiger partial charge < -0.3 is 4.74 Å². The molecule has 0 saturated carbocycles. The minimum atomic E-state index is -1.35. The number of unbranched alkanes of at least 4 members (excludes halogenated alkanes) is 6. The number of carbonyl (C=O) groups is 1. The molecule has 0 bridgehead atoms. The molecule has 0 aliphatic heterocycles. The van der Waals surface area contributed by atoms with E-state index in [4.69, 9.17) is 16.3 Å². The molecule has 0 unspecified atom stereocenters. The van der Waals surface area contributed by atoms with Gasteiger partial charge in [0.15, 0.2) is 0 Å². The Labute approximate surface area is 161 Å². The molecular formula is C21H37ClO2Si. The number of allylic oxidation sites excluding steroid dienone is 2. The molecule has 25 heavy (non-hydrogen) atoms. The number of halogens is 1. The van der Waals surface area contributed by atoms with Crippen LogP contribution in [-0.2, 0) is 9.53 Å². The van der Waals surface area contributed by atoms with Crippen molar-refractivity contribution in [3.8, 4) is 11.5 Å². The van der Waals surface area contributed by atoms with E-state index in [2.05, 4.69) is 32.2 Å². The maximum absolute atomic E-state index is 10.6. The van der Waals surface area contributed by atoms with Crippen LogP contribution in [0.4, 0.5) is 0 Å². The Bertz CT molecular complexity index is 436. The second-order valence-corrected chi connectivity index (χ2v) is 12.2. The predicted octanol–water partition coefficient (Wildman–Crippen LogP) is 6.84. The van der Waals surface area contributed by atoms with Crippen molar-refractivity contribution in [3.05, 3.63) is 11.1 Å². The summed E-state index contributed by atoms with van der Waals surface area (Å²) in [4.78, 5) is 10.6. The fraction of sp³-hybridized carbons (Fsp3) is 0.762. The lowest BCUT2D eigenvalue weighted by Crippen LogP contribution is -2.29. The van der Waals surface area contributed by atoms with Crippen molar-refractivity contribution in [1.29, 1.82) is 0 Å².